The van der Waals surface area contributed by atoms with Crippen LogP contribution in [0.25, 0.3) is 11.0 Å². The summed E-state index contributed by atoms with van der Waals surface area (Å²) in [6, 6.07) is 3.81. The number of nitrogens with one attached hydrogen (secondary N) is 1. The third-order valence-corrected chi connectivity index (χ3v) is 3.30. The van der Waals surface area contributed by atoms with Crippen molar-refractivity contribution in [2.75, 3.05) is 6.61 Å². The van der Waals surface area contributed by atoms with E-state index in [1.54, 1.807) is 13.2 Å². The van der Waals surface area contributed by atoms with E-state index in [-0.39, 0.29) is 25.0 Å². The largest absolute Gasteiger partial charge is 0.464 e. The summed E-state index contributed by atoms with van der Waals surface area (Å²) in [5, 5.41) is 12.6. The number of fused-ring (bicyclic) bond motifs is 1. The molecule has 0 bridgehead atoms. The van der Waals surface area contributed by atoms with Crippen LogP contribution in [0.3, 0.4) is 0 Å². The second-order valence-electron chi connectivity index (χ2n) is 5.02. The number of carbonyl (C=O) groups is 1. The van der Waals surface area contributed by atoms with Gasteiger partial charge < -0.3 is 14.8 Å². The van der Waals surface area contributed by atoms with Gasteiger partial charge in [0, 0.05) is 17.0 Å². The number of aliphatic hydroxyl groups excluding tert-OH is 1. The quantitative estimate of drug-likeness (QED) is 0.885. The minimum atomic E-state index is -0.227. The first-order chi connectivity index (χ1) is 9.01. The van der Waals surface area contributed by atoms with Gasteiger partial charge in [-0.2, -0.15) is 0 Å². The zero-order valence-corrected chi connectivity index (χ0v) is 11.5. The number of carbonyl (C=O) groups excluding carboxylic acids is 1. The maximum atomic E-state index is 11.8. The molecule has 2 aromatic rings. The second-order valence-corrected chi connectivity index (χ2v) is 5.02. The third-order valence-electron chi connectivity index (χ3n) is 3.30. The first-order valence-corrected chi connectivity index (χ1v) is 6.38. The van der Waals surface area contributed by atoms with Crippen LogP contribution < -0.4 is 5.32 Å². The average molecular weight is 261 g/mol. The van der Waals surface area contributed by atoms with Crippen LogP contribution in [0.4, 0.5) is 0 Å². The van der Waals surface area contributed by atoms with Crippen molar-refractivity contribution in [3.63, 3.8) is 0 Å². The smallest absolute Gasteiger partial charge is 0.224 e. The molecule has 1 atom stereocenters. The molecule has 4 heteroatoms. The van der Waals surface area contributed by atoms with Crippen LogP contribution in [0.15, 0.2) is 22.8 Å². The topological polar surface area (TPSA) is 62.5 Å². The molecule has 0 saturated heterocycles. The maximum absolute atomic E-state index is 11.8. The van der Waals surface area contributed by atoms with Gasteiger partial charge in [0.25, 0.3) is 0 Å². The van der Waals surface area contributed by atoms with Crippen LogP contribution in [-0.4, -0.2) is 23.7 Å². The van der Waals surface area contributed by atoms with Crippen molar-refractivity contribution in [1.82, 2.24) is 5.32 Å². The highest BCUT2D eigenvalue weighted by atomic mass is 16.3. The Kier molecular flexibility index (Phi) is 3.90. The van der Waals surface area contributed by atoms with Gasteiger partial charge in [-0.05, 0) is 44.0 Å². The number of aliphatic hydroxyl groups is 1. The minimum absolute atomic E-state index is 0.0593. The number of rotatable bonds is 4. The molecule has 19 heavy (non-hydrogen) atoms. The molecule has 1 aromatic heterocycles. The van der Waals surface area contributed by atoms with Crippen LogP contribution in [0.2, 0.25) is 0 Å². The lowest BCUT2D eigenvalue weighted by Gasteiger charge is -2.10. The molecule has 1 amide bonds. The highest BCUT2D eigenvalue weighted by Gasteiger charge is 2.13. The molecule has 0 radical (unpaired) electrons. The van der Waals surface area contributed by atoms with Crippen molar-refractivity contribution in [3.8, 4) is 0 Å². The van der Waals surface area contributed by atoms with Crippen LogP contribution in [0.5, 0.6) is 0 Å². The lowest BCUT2D eigenvalue weighted by Crippen LogP contribution is -2.35. The molecule has 1 unspecified atom stereocenters. The van der Waals surface area contributed by atoms with Crippen molar-refractivity contribution in [2.24, 2.45) is 0 Å². The first-order valence-electron chi connectivity index (χ1n) is 6.38. The van der Waals surface area contributed by atoms with Gasteiger partial charge in [-0.3, -0.25) is 4.79 Å². The van der Waals surface area contributed by atoms with Gasteiger partial charge in [0.2, 0.25) is 5.91 Å². The number of furan rings is 1. The fraction of sp³-hybridized carbons (Fsp3) is 0.400. The van der Waals surface area contributed by atoms with Crippen molar-refractivity contribution in [3.05, 3.63) is 35.1 Å². The number of hydrogen-bond donors (Lipinski definition) is 2. The van der Waals surface area contributed by atoms with Crippen LogP contribution in [-0.2, 0) is 11.2 Å². The second kappa shape index (κ2) is 5.45. The van der Waals surface area contributed by atoms with Gasteiger partial charge in [-0.25, -0.2) is 0 Å². The zero-order valence-electron chi connectivity index (χ0n) is 11.5. The van der Waals surface area contributed by atoms with Crippen LogP contribution in [0, 0.1) is 13.8 Å². The van der Waals surface area contributed by atoms with Gasteiger partial charge in [0.15, 0.2) is 0 Å². The van der Waals surface area contributed by atoms with E-state index < -0.39 is 0 Å². The molecule has 4 nitrogen and oxygen atoms in total. The van der Waals surface area contributed by atoms with Crippen molar-refractivity contribution in [2.45, 2.75) is 33.2 Å². The van der Waals surface area contributed by atoms with Gasteiger partial charge in [-0.15, -0.1) is 0 Å². The highest BCUT2D eigenvalue weighted by molar-refractivity contribution is 5.88. The number of aryl methyl sites for hydroxylation is 2. The Morgan fingerprint density at radius 3 is 2.74 bits per heavy atom. The fourth-order valence-corrected chi connectivity index (χ4v) is 2.02. The molecule has 0 aliphatic rings. The van der Waals surface area contributed by atoms with Gasteiger partial charge >= 0.3 is 0 Å². The van der Waals surface area contributed by atoms with Crippen molar-refractivity contribution >= 4 is 16.9 Å². The molecular weight excluding hydrogens is 242 g/mol. The van der Waals surface area contributed by atoms with Crippen LogP contribution >= 0.6 is 0 Å². The lowest BCUT2D eigenvalue weighted by atomic mass is 10.0. The van der Waals surface area contributed by atoms with E-state index in [2.05, 4.69) is 5.32 Å². The molecule has 0 aliphatic heterocycles. The molecule has 0 aliphatic carbocycles. The molecule has 0 fully saturated rings. The Balaban J connectivity index is 2.22. The third kappa shape index (κ3) is 2.96. The van der Waals surface area contributed by atoms with E-state index in [0.717, 1.165) is 16.5 Å². The highest BCUT2D eigenvalue weighted by Crippen LogP contribution is 2.25. The summed E-state index contributed by atoms with van der Waals surface area (Å²) in [7, 11) is 0. The predicted molar refractivity (Wildman–Crippen MR) is 74.1 cm³/mol. The molecule has 2 N–H and O–H groups in total. The Bertz CT molecular complexity index is 601. The number of benzene rings is 1. The molecular formula is C15H19NO3. The predicted octanol–water partition coefficient (Wildman–Crippen LogP) is 2.09. The molecule has 102 valence electrons. The normalized spacial score (nSPS) is 12.6. The standard InChI is InChI=1S/C15H19NO3/c1-9-4-13-12(6-15(18)16-11(3)7-17)8-19-14(13)5-10(9)2/h4-5,8,11,17H,6-7H2,1-3H3,(H,16,18). The zero-order chi connectivity index (χ0) is 14.0. The van der Waals surface area contributed by atoms with Crippen molar-refractivity contribution in [1.29, 1.82) is 0 Å². The van der Waals surface area contributed by atoms with Gasteiger partial charge in [0.1, 0.15) is 5.58 Å². The maximum Gasteiger partial charge on any atom is 0.224 e. The van der Waals surface area contributed by atoms with E-state index in [1.807, 2.05) is 26.0 Å². The van der Waals surface area contributed by atoms with E-state index >= 15 is 0 Å². The lowest BCUT2D eigenvalue weighted by molar-refractivity contribution is -0.121. The Morgan fingerprint density at radius 2 is 2.05 bits per heavy atom. The van der Waals surface area contributed by atoms with Crippen LogP contribution in [0.1, 0.15) is 23.6 Å². The summed E-state index contributed by atoms with van der Waals surface area (Å²) in [5.41, 5.74) is 4.04. The fourth-order valence-electron chi connectivity index (χ4n) is 2.02. The van der Waals surface area contributed by atoms with E-state index in [1.165, 1.54) is 11.1 Å². The summed E-state index contributed by atoms with van der Waals surface area (Å²) in [4.78, 5) is 11.8. The van der Waals surface area contributed by atoms with E-state index in [0.29, 0.717) is 0 Å². The SMILES string of the molecule is Cc1cc2occ(CC(=O)NC(C)CO)c2cc1C. The van der Waals surface area contributed by atoms with E-state index in [4.69, 9.17) is 9.52 Å². The Morgan fingerprint density at radius 1 is 1.37 bits per heavy atom. The summed E-state index contributed by atoms with van der Waals surface area (Å²) in [6.45, 7) is 5.78. The molecule has 1 aromatic carbocycles. The molecule has 0 spiro atoms. The monoisotopic (exact) mass is 261 g/mol. The van der Waals surface area contributed by atoms with Gasteiger partial charge in [0.05, 0.1) is 19.3 Å². The molecule has 0 saturated carbocycles. The first kappa shape index (κ1) is 13.6. The summed E-state index contributed by atoms with van der Waals surface area (Å²) < 4.78 is 5.49. The summed E-state index contributed by atoms with van der Waals surface area (Å²) in [5.74, 6) is -0.109. The number of hydrogen-bond acceptors (Lipinski definition) is 3. The average Bonchev–Trinajstić information content (AvgIpc) is 2.72. The Hall–Kier alpha value is -1.81. The molecule has 1 heterocycles. The molecule has 2 rings (SSSR count). The van der Waals surface area contributed by atoms with Crippen molar-refractivity contribution < 1.29 is 14.3 Å². The number of amides is 1. The summed E-state index contributed by atoms with van der Waals surface area (Å²) >= 11 is 0. The Labute approximate surface area is 112 Å². The van der Waals surface area contributed by atoms with Gasteiger partial charge in [-0.1, -0.05) is 0 Å². The summed E-state index contributed by atoms with van der Waals surface area (Å²) in [6.07, 6.45) is 1.90. The minimum Gasteiger partial charge on any atom is -0.464 e. The van der Waals surface area contributed by atoms with E-state index in [9.17, 15) is 4.79 Å².